The summed E-state index contributed by atoms with van der Waals surface area (Å²) in [5.41, 5.74) is 25.7. The van der Waals surface area contributed by atoms with Gasteiger partial charge in [-0.05, 0) is 127 Å². The molecule has 1 aliphatic rings. The molecule has 2 aromatic carbocycles. The summed E-state index contributed by atoms with van der Waals surface area (Å²) in [7, 11) is 0. The molecule has 0 radical (unpaired) electrons. The number of unbranched alkanes of at least 4 members (excludes halogenated alkanes) is 4. The topological polar surface area (TPSA) is 322 Å². The molecule has 1 atom stereocenters. The summed E-state index contributed by atoms with van der Waals surface area (Å²) >= 11 is 0. The first-order valence-corrected chi connectivity index (χ1v) is 27.8. The molecule has 440 valence electrons. The molecule has 1 aliphatic heterocycles. The molecule has 7 amide bonds. The Morgan fingerprint density at radius 3 is 1.58 bits per heavy atom. The predicted molar refractivity (Wildman–Crippen MR) is 300 cm³/mol. The molecule has 0 aromatic heterocycles. The Morgan fingerprint density at radius 2 is 1.05 bits per heavy atom. The SMILES string of the molecule is CC(=O)CN(CC(=O)O)C(=O)CN(CCCCN)C(=O)CN(C(=O)CN(CCCCN)C(=O)CN(CCCCN)C(=O)CN(CC(C)C)C(=O)CN(Cc1ccc2c(c1)OCC2)C(=O)CNCCCCN)C(C)c1ccccc1. The number of carbonyl (C=O) groups excluding carboxylic acids is 8. The van der Waals surface area contributed by atoms with Crippen LogP contribution in [0, 0.1) is 5.92 Å². The van der Waals surface area contributed by atoms with Gasteiger partial charge in [-0.15, -0.1) is 0 Å². The van der Waals surface area contributed by atoms with Crippen LogP contribution in [0.2, 0.25) is 0 Å². The van der Waals surface area contributed by atoms with E-state index in [1.807, 2.05) is 32.0 Å². The van der Waals surface area contributed by atoms with E-state index in [1.54, 1.807) is 37.3 Å². The summed E-state index contributed by atoms with van der Waals surface area (Å²) in [6.07, 6.45) is 5.09. The summed E-state index contributed by atoms with van der Waals surface area (Å²) in [6.45, 7) is 5.78. The van der Waals surface area contributed by atoms with Crippen LogP contribution in [0.4, 0.5) is 0 Å². The van der Waals surface area contributed by atoms with Crippen molar-refractivity contribution in [1.29, 1.82) is 0 Å². The number of ketones is 1. The number of carboxylic acid groups (broad SMARTS) is 1. The molecule has 0 saturated carbocycles. The van der Waals surface area contributed by atoms with Gasteiger partial charge in [-0.25, -0.2) is 0 Å². The second kappa shape index (κ2) is 36.6. The molecular formula is C56H90N12O11. The van der Waals surface area contributed by atoms with E-state index < -0.39 is 99.1 Å². The molecular weight excluding hydrogens is 1020 g/mol. The van der Waals surface area contributed by atoms with E-state index in [9.17, 15) is 48.3 Å². The van der Waals surface area contributed by atoms with Crippen LogP contribution in [0.3, 0.4) is 0 Å². The zero-order valence-corrected chi connectivity index (χ0v) is 47.2. The number of nitrogens with one attached hydrogen (secondary N) is 1. The van der Waals surface area contributed by atoms with Crippen molar-refractivity contribution in [1.82, 2.24) is 39.6 Å². The number of hydrogen-bond donors (Lipinski definition) is 6. The third-order valence-corrected chi connectivity index (χ3v) is 13.3. The van der Waals surface area contributed by atoms with Crippen LogP contribution < -0.4 is 33.0 Å². The summed E-state index contributed by atoms with van der Waals surface area (Å²) in [4.78, 5) is 133. The van der Waals surface area contributed by atoms with E-state index in [-0.39, 0.29) is 57.6 Å². The van der Waals surface area contributed by atoms with Gasteiger partial charge in [-0.3, -0.25) is 43.2 Å². The molecule has 0 bridgehead atoms. The maximum Gasteiger partial charge on any atom is 0.323 e. The lowest BCUT2D eigenvalue weighted by Crippen LogP contribution is -2.53. The predicted octanol–water partition coefficient (Wildman–Crippen LogP) is 0.558. The van der Waals surface area contributed by atoms with Crippen molar-refractivity contribution >= 4 is 53.1 Å². The first-order chi connectivity index (χ1) is 37.8. The quantitative estimate of drug-likeness (QED) is 0.0497. The Bertz CT molecular complexity index is 2260. The van der Waals surface area contributed by atoms with Gasteiger partial charge in [0.1, 0.15) is 31.2 Å². The van der Waals surface area contributed by atoms with Crippen molar-refractivity contribution in [2.75, 3.05) is 124 Å². The average molecular weight is 1110 g/mol. The smallest absolute Gasteiger partial charge is 0.323 e. The maximum atomic E-state index is 14.8. The number of hydrogen-bond acceptors (Lipinski definition) is 15. The number of rotatable bonds is 40. The second-order valence-corrected chi connectivity index (χ2v) is 20.5. The largest absolute Gasteiger partial charge is 0.493 e. The Morgan fingerprint density at radius 1 is 0.557 bits per heavy atom. The van der Waals surface area contributed by atoms with Crippen molar-refractivity contribution in [3.63, 3.8) is 0 Å². The highest BCUT2D eigenvalue weighted by Crippen LogP contribution is 2.27. The number of carbonyl (C=O) groups is 9. The summed E-state index contributed by atoms with van der Waals surface area (Å²) < 4.78 is 5.79. The number of aliphatic carboxylic acids is 1. The van der Waals surface area contributed by atoms with E-state index in [4.69, 9.17) is 27.7 Å². The maximum absolute atomic E-state index is 14.8. The average Bonchev–Trinajstić information content (AvgIpc) is 3.89. The molecule has 1 heterocycles. The fourth-order valence-electron chi connectivity index (χ4n) is 8.95. The Kier molecular flexibility index (Phi) is 30.9. The molecule has 1 unspecified atom stereocenters. The van der Waals surface area contributed by atoms with E-state index in [2.05, 4.69) is 5.32 Å². The lowest BCUT2D eigenvalue weighted by atomic mass is 10.1. The van der Waals surface area contributed by atoms with Crippen LogP contribution in [0.5, 0.6) is 5.75 Å². The van der Waals surface area contributed by atoms with Crippen molar-refractivity contribution in [3.8, 4) is 5.75 Å². The van der Waals surface area contributed by atoms with Crippen molar-refractivity contribution < 1.29 is 53.0 Å². The lowest BCUT2D eigenvalue weighted by Gasteiger charge is -2.35. The van der Waals surface area contributed by atoms with Gasteiger partial charge in [0, 0.05) is 39.1 Å². The lowest BCUT2D eigenvalue weighted by molar-refractivity contribution is -0.150. The van der Waals surface area contributed by atoms with Gasteiger partial charge in [0.05, 0.1) is 51.9 Å². The van der Waals surface area contributed by atoms with E-state index in [0.717, 1.165) is 41.0 Å². The molecule has 0 spiro atoms. The summed E-state index contributed by atoms with van der Waals surface area (Å²) in [6, 6.07) is 14.0. The number of nitrogens with two attached hydrogens (primary N) is 4. The van der Waals surface area contributed by atoms with E-state index >= 15 is 0 Å². The third-order valence-electron chi connectivity index (χ3n) is 13.3. The van der Waals surface area contributed by atoms with Crippen LogP contribution in [0.1, 0.15) is 102 Å². The number of benzene rings is 2. The molecule has 79 heavy (non-hydrogen) atoms. The van der Waals surface area contributed by atoms with Gasteiger partial charge in [-0.2, -0.15) is 0 Å². The van der Waals surface area contributed by atoms with Gasteiger partial charge >= 0.3 is 5.97 Å². The van der Waals surface area contributed by atoms with Crippen LogP contribution in [0.25, 0.3) is 0 Å². The Balaban J connectivity index is 1.95. The van der Waals surface area contributed by atoms with Crippen LogP contribution in [-0.4, -0.2) is 217 Å². The zero-order valence-electron chi connectivity index (χ0n) is 47.2. The molecule has 23 heteroatoms. The van der Waals surface area contributed by atoms with Gasteiger partial charge in [0.2, 0.25) is 41.4 Å². The highest BCUT2D eigenvalue weighted by atomic mass is 16.5. The molecule has 0 saturated heterocycles. The van der Waals surface area contributed by atoms with Crippen LogP contribution in [0.15, 0.2) is 48.5 Å². The van der Waals surface area contributed by atoms with Crippen LogP contribution in [-0.2, 0) is 56.1 Å². The third kappa shape index (κ3) is 24.6. The van der Waals surface area contributed by atoms with Gasteiger partial charge in [0.15, 0.2) is 0 Å². The Labute approximate surface area is 466 Å². The second-order valence-electron chi connectivity index (χ2n) is 20.5. The van der Waals surface area contributed by atoms with Crippen molar-refractivity contribution in [2.24, 2.45) is 28.9 Å². The van der Waals surface area contributed by atoms with Crippen LogP contribution >= 0.6 is 0 Å². The van der Waals surface area contributed by atoms with Crippen molar-refractivity contribution in [3.05, 3.63) is 65.2 Å². The molecule has 0 fully saturated rings. The van der Waals surface area contributed by atoms with Crippen molar-refractivity contribution in [2.45, 2.75) is 98.1 Å². The van der Waals surface area contributed by atoms with E-state index in [0.29, 0.717) is 83.4 Å². The highest BCUT2D eigenvalue weighted by molar-refractivity contribution is 5.94. The number of amides is 7. The summed E-state index contributed by atoms with van der Waals surface area (Å²) in [5, 5.41) is 12.7. The molecule has 3 rings (SSSR count). The van der Waals surface area contributed by atoms with Gasteiger partial charge in [0.25, 0.3) is 0 Å². The number of ether oxygens (including phenoxy) is 1. The molecule has 10 N–H and O–H groups in total. The highest BCUT2D eigenvalue weighted by Gasteiger charge is 2.33. The minimum atomic E-state index is -1.34. The number of nitrogens with zero attached hydrogens (tertiary/aromatic N) is 7. The molecule has 0 aliphatic carbocycles. The fourth-order valence-corrected chi connectivity index (χ4v) is 8.95. The standard InChI is InChI=1S/C56H90N12O11/c1-42(2)32-65(53(74)38-67(49(70)31-61-25-12-8-21-57)34-45-18-19-47-20-29-79-48(47)30-45)37-51(72)62(26-13-9-22-58)35-50(71)64(28-15-11-24-60)39-55(76)68(44(4)46-16-6-5-7-17-46)40-54(75)63(27-14-10-23-59)36-52(73)66(33-43(3)69)41-56(77)78/h5-7,16-19,30,42,44,61H,8-15,20-29,31-41,57-60H2,1-4H3,(H,77,78). The van der Waals surface area contributed by atoms with Gasteiger partial charge < -0.3 is 72.4 Å². The number of Topliss-reactive ketones (excluding diaryl/α,β-unsaturated/α-hetero) is 1. The van der Waals surface area contributed by atoms with E-state index in [1.165, 1.54) is 36.3 Å². The zero-order chi connectivity index (χ0) is 58.3. The first-order valence-electron chi connectivity index (χ1n) is 27.8. The normalized spacial score (nSPS) is 12.0. The first kappa shape index (κ1) is 66.7. The number of fused-ring (bicyclic) bond motifs is 1. The fraction of sp³-hybridized carbons (Fsp3) is 0.625. The molecule has 2 aromatic rings. The van der Waals surface area contributed by atoms with Gasteiger partial charge in [-0.1, -0.05) is 56.3 Å². The number of carboxylic acids is 1. The minimum Gasteiger partial charge on any atom is -0.493 e. The monoisotopic (exact) mass is 1110 g/mol. The minimum absolute atomic E-state index is 0.0180. The molecule has 23 nitrogen and oxygen atoms in total. The Hall–Kier alpha value is -6.53. The summed E-state index contributed by atoms with van der Waals surface area (Å²) in [5.74, 6) is -5.04.